The van der Waals surface area contributed by atoms with Crippen LogP contribution >= 0.6 is 15.9 Å². The van der Waals surface area contributed by atoms with Gasteiger partial charge in [0.15, 0.2) is 0 Å². The normalized spacial score (nSPS) is 10.9. The van der Waals surface area contributed by atoms with Crippen molar-refractivity contribution in [2.24, 2.45) is 0 Å². The van der Waals surface area contributed by atoms with Gasteiger partial charge < -0.3 is 4.42 Å². The molecule has 0 atom stereocenters. The Balaban J connectivity index is 2.83. The van der Waals surface area contributed by atoms with Crippen LogP contribution in [0.2, 0.25) is 0 Å². The van der Waals surface area contributed by atoms with E-state index in [1.54, 1.807) is 0 Å². The van der Waals surface area contributed by atoms with Crippen molar-refractivity contribution in [2.75, 3.05) is 0 Å². The molecule has 0 aliphatic heterocycles. The van der Waals surface area contributed by atoms with Crippen LogP contribution in [-0.4, -0.2) is 0 Å². The second kappa shape index (κ2) is 2.59. The highest BCUT2D eigenvalue weighted by Gasteiger charge is 2.04. The van der Waals surface area contributed by atoms with E-state index in [4.69, 9.17) is 4.42 Å². The number of hydrogen-bond donors (Lipinski definition) is 0. The van der Waals surface area contributed by atoms with Crippen molar-refractivity contribution >= 4 is 26.9 Å². The van der Waals surface area contributed by atoms with Gasteiger partial charge in [0, 0.05) is 15.9 Å². The van der Waals surface area contributed by atoms with Crippen LogP contribution in [-0.2, 0) is 0 Å². The van der Waals surface area contributed by atoms with Gasteiger partial charge in [-0.05, 0) is 24.6 Å². The lowest BCUT2D eigenvalue weighted by Crippen LogP contribution is -1.73. The second-order valence-electron chi connectivity index (χ2n) is 2.69. The molecule has 0 fully saturated rings. The van der Waals surface area contributed by atoms with Crippen molar-refractivity contribution in [3.63, 3.8) is 0 Å². The smallest absolute Gasteiger partial charge is 0.278 e. The molecular weight excluding hydrogens is 223 g/mol. The lowest BCUT2D eigenvalue weighted by atomic mass is 10.2. The molecule has 0 saturated carbocycles. The Morgan fingerprint density at radius 3 is 2.83 bits per heavy atom. The molecule has 0 aliphatic carbocycles. The summed E-state index contributed by atoms with van der Waals surface area (Å²) in [6, 6.07) is 4.49. The molecule has 0 saturated heterocycles. The molecule has 1 aromatic carbocycles. The molecule has 1 heterocycles. The van der Waals surface area contributed by atoms with E-state index < -0.39 is 6.01 Å². The third-order valence-electron chi connectivity index (χ3n) is 1.77. The van der Waals surface area contributed by atoms with Crippen molar-refractivity contribution in [2.45, 2.75) is 6.92 Å². The fourth-order valence-electron chi connectivity index (χ4n) is 1.13. The zero-order valence-electron chi connectivity index (χ0n) is 6.40. The van der Waals surface area contributed by atoms with Gasteiger partial charge in [0.05, 0.1) is 0 Å². The van der Waals surface area contributed by atoms with Crippen LogP contribution in [0.4, 0.5) is 4.39 Å². The molecule has 0 unspecified atom stereocenters. The van der Waals surface area contributed by atoms with Crippen LogP contribution in [0.3, 0.4) is 0 Å². The van der Waals surface area contributed by atoms with Gasteiger partial charge in [0.1, 0.15) is 5.58 Å². The van der Waals surface area contributed by atoms with Gasteiger partial charge in [-0.1, -0.05) is 15.9 Å². The summed E-state index contributed by atoms with van der Waals surface area (Å²) >= 11 is 3.36. The minimum atomic E-state index is -0.539. The summed E-state index contributed by atoms with van der Waals surface area (Å²) < 4.78 is 18.4. The van der Waals surface area contributed by atoms with Crippen molar-refractivity contribution in [1.82, 2.24) is 0 Å². The lowest BCUT2D eigenvalue weighted by Gasteiger charge is -1.95. The summed E-state index contributed by atoms with van der Waals surface area (Å²) in [5.41, 5.74) is 1.63. The summed E-state index contributed by atoms with van der Waals surface area (Å²) in [6.45, 7) is 1.93. The number of fused-ring (bicyclic) bond motifs is 1. The van der Waals surface area contributed by atoms with E-state index in [2.05, 4.69) is 15.9 Å². The Morgan fingerprint density at radius 1 is 1.33 bits per heavy atom. The molecular formula is C9H6BrFO. The topological polar surface area (TPSA) is 13.1 Å². The fourth-order valence-corrected chi connectivity index (χ4v) is 1.49. The summed E-state index contributed by atoms with van der Waals surface area (Å²) in [7, 11) is 0. The molecule has 2 aromatic rings. The van der Waals surface area contributed by atoms with Gasteiger partial charge in [-0.15, -0.1) is 0 Å². The molecule has 0 aliphatic rings. The summed E-state index contributed by atoms with van der Waals surface area (Å²) in [6.07, 6.45) is 0. The van der Waals surface area contributed by atoms with E-state index in [-0.39, 0.29) is 0 Å². The number of halogens is 2. The maximum absolute atomic E-state index is 12.6. The maximum atomic E-state index is 12.6. The third-order valence-corrected chi connectivity index (χ3v) is 2.62. The summed E-state index contributed by atoms with van der Waals surface area (Å²) in [5, 5.41) is 0.782. The Labute approximate surface area is 77.3 Å². The van der Waals surface area contributed by atoms with E-state index in [1.807, 2.05) is 19.1 Å². The molecule has 0 amide bonds. The molecule has 3 heteroatoms. The first kappa shape index (κ1) is 7.80. The quantitative estimate of drug-likeness (QED) is 0.672. The highest BCUT2D eigenvalue weighted by atomic mass is 79.9. The Kier molecular flexibility index (Phi) is 1.68. The number of rotatable bonds is 0. The van der Waals surface area contributed by atoms with E-state index in [0.29, 0.717) is 5.58 Å². The first-order valence-corrected chi connectivity index (χ1v) is 4.31. The van der Waals surface area contributed by atoms with E-state index in [9.17, 15) is 4.39 Å². The Hall–Kier alpha value is -0.830. The molecule has 0 radical (unpaired) electrons. The SMILES string of the molecule is Cc1cc2oc(F)cc2cc1Br. The zero-order valence-corrected chi connectivity index (χ0v) is 7.98. The van der Waals surface area contributed by atoms with Gasteiger partial charge >= 0.3 is 0 Å². The number of benzene rings is 1. The first-order chi connectivity index (χ1) is 5.66. The van der Waals surface area contributed by atoms with Gasteiger partial charge in [0.2, 0.25) is 0 Å². The highest BCUT2D eigenvalue weighted by molar-refractivity contribution is 9.10. The van der Waals surface area contributed by atoms with E-state index in [1.165, 1.54) is 6.07 Å². The van der Waals surface area contributed by atoms with Crippen LogP contribution in [0, 0.1) is 12.9 Å². The fraction of sp³-hybridized carbons (Fsp3) is 0.111. The third kappa shape index (κ3) is 1.14. The standard InChI is InChI=1S/C9H6BrFO/c1-5-2-8-6(3-7(5)10)4-9(11)12-8/h2-4H,1H3. The average molecular weight is 229 g/mol. The first-order valence-electron chi connectivity index (χ1n) is 3.52. The monoisotopic (exact) mass is 228 g/mol. The van der Waals surface area contributed by atoms with Gasteiger partial charge in [-0.2, -0.15) is 4.39 Å². The zero-order chi connectivity index (χ0) is 8.72. The molecule has 0 bridgehead atoms. The van der Waals surface area contributed by atoms with Crippen LogP contribution in [0.5, 0.6) is 0 Å². The number of aryl methyl sites for hydroxylation is 1. The average Bonchev–Trinajstić information content (AvgIpc) is 2.30. The van der Waals surface area contributed by atoms with Crippen LogP contribution < -0.4 is 0 Å². The Morgan fingerprint density at radius 2 is 2.08 bits per heavy atom. The summed E-state index contributed by atoms with van der Waals surface area (Å²) in [4.78, 5) is 0. The predicted octanol–water partition coefficient (Wildman–Crippen LogP) is 3.64. The van der Waals surface area contributed by atoms with E-state index in [0.717, 1.165) is 15.4 Å². The second-order valence-corrected chi connectivity index (χ2v) is 3.54. The molecule has 0 spiro atoms. The number of furan rings is 1. The Bertz CT molecular complexity index is 394. The largest absolute Gasteiger partial charge is 0.431 e. The molecule has 12 heavy (non-hydrogen) atoms. The minimum Gasteiger partial charge on any atom is -0.431 e. The molecule has 2 rings (SSSR count). The lowest BCUT2D eigenvalue weighted by molar-refractivity contribution is 0.381. The van der Waals surface area contributed by atoms with E-state index >= 15 is 0 Å². The van der Waals surface area contributed by atoms with Crippen molar-refractivity contribution < 1.29 is 8.81 Å². The highest BCUT2D eigenvalue weighted by Crippen LogP contribution is 2.25. The maximum Gasteiger partial charge on any atom is 0.278 e. The molecule has 1 nitrogen and oxygen atoms in total. The molecule has 0 N–H and O–H groups in total. The minimum absolute atomic E-state index is 0.539. The predicted molar refractivity (Wildman–Crippen MR) is 48.6 cm³/mol. The van der Waals surface area contributed by atoms with Gasteiger partial charge in [-0.3, -0.25) is 0 Å². The van der Waals surface area contributed by atoms with Crippen LogP contribution in [0.25, 0.3) is 11.0 Å². The molecule has 62 valence electrons. The summed E-state index contributed by atoms with van der Waals surface area (Å²) in [5.74, 6) is 0. The number of hydrogen-bond acceptors (Lipinski definition) is 1. The van der Waals surface area contributed by atoms with Crippen molar-refractivity contribution in [1.29, 1.82) is 0 Å². The van der Waals surface area contributed by atoms with Crippen molar-refractivity contribution in [3.05, 3.63) is 34.2 Å². The van der Waals surface area contributed by atoms with Crippen LogP contribution in [0.1, 0.15) is 5.56 Å². The van der Waals surface area contributed by atoms with Gasteiger partial charge in [0.25, 0.3) is 6.01 Å². The van der Waals surface area contributed by atoms with Crippen molar-refractivity contribution in [3.8, 4) is 0 Å². The van der Waals surface area contributed by atoms with Crippen LogP contribution in [0.15, 0.2) is 27.1 Å². The molecule has 1 aromatic heterocycles. The van der Waals surface area contributed by atoms with Gasteiger partial charge in [-0.25, -0.2) is 0 Å².